The van der Waals surface area contributed by atoms with Crippen LogP contribution in [0.3, 0.4) is 0 Å². The van der Waals surface area contributed by atoms with Crippen LogP contribution in [0.25, 0.3) is 0 Å². The number of allylic oxidation sites excluding steroid dienone is 10. The topological polar surface area (TPSA) is 190 Å². The minimum Gasteiger partial charge on any atom is -0.393 e. The maximum Gasteiger partial charge on any atom is 0.283 e. The van der Waals surface area contributed by atoms with E-state index in [2.05, 4.69) is 0 Å². The van der Waals surface area contributed by atoms with Gasteiger partial charge in [0.2, 0.25) is 0 Å². The maximum atomic E-state index is 11.2. The van der Waals surface area contributed by atoms with E-state index >= 15 is 0 Å². The molecule has 0 aliphatic carbocycles. The van der Waals surface area contributed by atoms with E-state index < -0.39 is 60.6 Å². The Morgan fingerprint density at radius 2 is 1.10 bits per heavy atom. The Morgan fingerprint density at radius 1 is 0.540 bits per heavy atom. The first-order chi connectivity index (χ1) is 23.6. The SMILES string of the molecule is CC1/C=C/C=C/C=C/C=C/C=C/C=C/C(O)CC2O[C@](O)(CC(O)CCCC(O)CC(O)CC(O)C[C@]3(O)OC1[C@H](C)[C@H](C)O3)C[C@H](O)C2C. The predicted molar refractivity (Wildman–Crippen MR) is 190 cm³/mol. The molecule has 0 amide bonds. The van der Waals surface area contributed by atoms with Gasteiger partial charge in [-0.1, -0.05) is 93.7 Å². The summed E-state index contributed by atoms with van der Waals surface area (Å²) in [6.45, 7) is 7.62. The van der Waals surface area contributed by atoms with E-state index in [4.69, 9.17) is 14.2 Å². The zero-order valence-corrected chi connectivity index (χ0v) is 30.0. The summed E-state index contributed by atoms with van der Waals surface area (Å²) in [5.41, 5.74) is 0. The lowest BCUT2D eigenvalue weighted by Crippen LogP contribution is -2.55. The highest BCUT2D eigenvalue weighted by Crippen LogP contribution is 2.38. The highest BCUT2D eigenvalue weighted by molar-refractivity contribution is 5.20. The number of hydrogen-bond acceptors (Lipinski definition) is 11. The van der Waals surface area contributed by atoms with Gasteiger partial charge < -0.3 is 55.1 Å². The maximum absolute atomic E-state index is 11.2. The van der Waals surface area contributed by atoms with Crippen molar-refractivity contribution >= 4 is 0 Å². The van der Waals surface area contributed by atoms with E-state index in [1.165, 1.54) is 0 Å². The smallest absolute Gasteiger partial charge is 0.283 e. The zero-order chi connectivity index (χ0) is 36.9. The van der Waals surface area contributed by atoms with Gasteiger partial charge in [-0.05, 0) is 39.0 Å². The molecule has 50 heavy (non-hydrogen) atoms. The predicted octanol–water partition coefficient (Wildman–Crippen LogP) is 3.46. The van der Waals surface area contributed by atoms with Crippen molar-refractivity contribution in [1.82, 2.24) is 0 Å². The summed E-state index contributed by atoms with van der Waals surface area (Å²) in [6.07, 6.45) is 15.2. The molecule has 2 saturated heterocycles. The van der Waals surface area contributed by atoms with Crippen molar-refractivity contribution in [2.45, 2.75) is 152 Å². The van der Waals surface area contributed by atoms with E-state index in [0.29, 0.717) is 6.42 Å². The molecular weight excluding hydrogens is 644 g/mol. The van der Waals surface area contributed by atoms with Crippen LogP contribution in [0, 0.1) is 17.8 Å². The molecule has 3 heterocycles. The molecule has 284 valence electrons. The number of fused-ring (bicyclic) bond motifs is 4. The Balaban J connectivity index is 1.71. The van der Waals surface area contributed by atoms with Crippen LogP contribution in [0.2, 0.25) is 0 Å². The second kappa shape index (κ2) is 20.3. The average Bonchev–Trinajstić information content (AvgIpc) is 3.00. The quantitative estimate of drug-likeness (QED) is 0.184. The van der Waals surface area contributed by atoms with Gasteiger partial charge in [0.25, 0.3) is 5.97 Å². The summed E-state index contributed by atoms with van der Waals surface area (Å²) in [5, 5.41) is 86.2. The second-order valence-electron chi connectivity index (χ2n) is 14.6. The van der Waals surface area contributed by atoms with E-state index in [1.54, 1.807) is 25.2 Å². The van der Waals surface area contributed by atoms with Gasteiger partial charge in [-0.3, -0.25) is 0 Å². The molecule has 0 radical (unpaired) electrons. The first kappa shape index (κ1) is 42.4. The molecule has 3 aliphatic rings. The summed E-state index contributed by atoms with van der Waals surface area (Å²) in [6, 6.07) is 0. The Labute approximate surface area is 297 Å². The molecule has 0 aromatic heterocycles. The molecule has 2 fully saturated rings. The van der Waals surface area contributed by atoms with Crippen molar-refractivity contribution in [1.29, 1.82) is 0 Å². The third-order valence-corrected chi connectivity index (χ3v) is 9.99. The molecule has 0 aromatic rings. The fraction of sp³-hybridized carbons (Fsp3) is 0.692. The average molecular weight is 707 g/mol. The van der Waals surface area contributed by atoms with E-state index in [9.17, 15) is 40.9 Å². The lowest BCUT2D eigenvalue weighted by Gasteiger charge is -2.46. The first-order valence-electron chi connectivity index (χ1n) is 18.2. The molecule has 3 rings (SSSR count). The Kier molecular flexibility index (Phi) is 17.2. The summed E-state index contributed by atoms with van der Waals surface area (Å²) >= 11 is 0. The van der Waals surface area contributed by atoms with Crippen LogP contribution in [-0.2, 0) is 14.2 Å². The van der Waals surface area contributed by atoms with Crippen LogP contribution in [0.15, 0.2) is 72.9 Å². The second-order valence-corrected chi connectivity index (χ2v) is 14.6. The number of hydrogen-bond donors (Lipinski definition) is 8. The van der Waals surface area contributed by atoms with Gasteiger partial charge in [-0.15, -0.1) is 0 Å². The van der Waals surface area contributed by atoms with Crippen LogP contribution >= 0.6 is 0 Å². The van der Waals surface area contributed by atoms with Gasteiger partial charge in [0, 0.05) is 37.0 Å². The molecule has 0 aromatic carbocycles. The molecule has 9 unspecified atom stereocenters. The van der Waals surface area contributed by atoms with Crippen LogP contribution in [0.5, 0.6) is 0 Å². The highest BCUT2D eigenvalue weighted by atomic mass is 16.8. The molecule has 11 nitrogen and oxygen atoms in total. The molecular formula is C39H62O11. The fourth-order valence-corrected chi connectivity index (χ4v) is 6.94. The number of ether oxygens (including phenoxy) is 3. The highest BCUT2D eigenvalue weighted by Gasteiger charge is 2.47. The third kappa shape index (κ3) is 14.2. The minimum atomic E-state index is -2.04. The molecule has 14 atom stereocenters. The normalized spacial score (nSPS) is 47.8. The van der Waals surface area contributed by atoms with Gasteiger partial charge in [0.15, 0.2) is 5.79 Å². The Hall–Kier alpha value is -2.00. The van der Waals surface area contributed by atoms with Crippen molar-refractivity contribution in [3.05, 3.63) is 72.9 Å². The number of aliphatic hydroxyl groups excluding tert-OH is 6. The Bertz CT molecular complexity index is 1180. The van der Waals surface area contributed by atoms with Gasteiger partial charge in [0.05, 0.1) is 61.4 Å². The monoisotopic (exact) mass is 706 g/mol. The van der Waals surface area contributed by atoms with Crippen molar-refractivity contribution < 1.29 is 55.1 Å². The molecule has 11 heteroatoms. The lowest BCUT2D eigenvalue weighted by atomic mass is 9.84. The molecule has 4 bridgehead atoms. The fourth-order valence-electron chi connectivity index (χ4n) is 6.94. The summed E-state index contributed by atoms with van der Waals surface area (Å²) in [7, 11) is 0. The van der Waals surface area contributed by atoms with Crippen molar-refractivity contribution in [2.24, 2.45) is 17.8 Å². The van der Waals surface area contributed by atoms with Gasteiger partial charge in [-0.25, -0.2) is 0 Å². The first-order valence-corrected chi connectivity index (χ1v) is 18.2. The zero-order valence-electron chi connectivity index (χ0n) is 30.0. The van der Waals surface area contributed by atoms with Gasteiger partial charge >= 0.3 is 0 Å². The molecule has 3 aliphatic heterocycles. The molecule has 8 N–H and O–H groups in total. The van der Waals surface area contributed by atoms with Crippen LogP contribution in [0.4, 0.5) is 0 Å². The molecule has 0 saturated carbocycles. The Morgan fingerprint density at radius 3 is 1.74 bits per heavy atom. The summed E-state index contributed by atoms with van der Waals surface area (Å²) in [5.74, 6) is -4.29. The number of rotatable bonds is 0. The molecule has 0 spiro atoms. The third-order valence-electron chi connectivity index (χ3n) is 9.99. The van der Waals surface area contributed by atoms with Crippen LogP contribution in [-0.4, -0.2) is 108 Å². The summed E-state index contributed by atoms with van der Waals surface area (Å²) in [4.78, 5) is 0. The minimum absolute atomic E-state index is 0.0183. The van der Waals surface area contributed by atoms with E-state index in [1.807, 2.05) is 75.5 Å². The van der Waals surface area contributed by atoms with Gasteiger partial charge in [-0.2, -0.15) is 0 Å². The largest absolute Gasteiger partial charge is 0.393 e. The van der Waals surface area contributed by atoms with Crippen LogP contribution < -0.4 is 0 Å². The van der Waals surface area contributed by atoms with E-state index in [0.717, 1.165) is 0 Å². The van der Waals surface area contributed by atoms with Crippen molar-refractivity contribution in [2.75, 3.05) is 0 Å². The van der Waals surface area contributed by atoms with Crippen LogP contribution in [0.1, 0.15) is 85.5 Å². The van der Waals surface area contributed by atoms with E-state index in [-0.39, 0.29) is 75.2 Å². The summed E-state index contributed by atoms with van der Waals surface area (Å²) < 4.78 is 17.8. The standard InChI is InChI=1S/C39H62O11/c1-26-16-13-11-9-7-5-6-8-10-12-14-17-31(41)22-36-28(3)35(45)25-38(46,49-36)23-32(42)19-15-18-30(40)20-33(43)21-34(44)24-39(47)48-29(4)27(2)37(26)50-39/h5-14,16-17,26-37,40-47H,15,18-25H2,1-4H3/b7-5+,8-6+,11-9+,12-10+,16-13+,17-14+/t26?,27-,28?,29+,30?,31?,32?,33?,34?,35+,36?,37?,38-,39-/m1/s1. The van der Waals surface area contributed by atoms with Gasteiger partial charge in [0.1, 0.15) is 0 Å². The lowest BCUT2D eigenvalue weighted by molar-refractivity contribution is -0.435. The number of aliphatic hydroxyl groups is 8. The van der Waals surface area contributed by atoms with Crippen molar-refractivity contribution in [3.8, 4) is 0 Å². The van der Waals surface area contributed by atoms with Crippen molar-refractivity contribution in [3.63, 3.8) is 0 Å².